The fraction of sp³-hybridized carbons (Fsp3) is 0.444. The van der Waals surface area contributed by atoms with Crippen LogP contribution in [-0.4, -0.2) is 46.3 Å². The fourth-order valence-corrected chi connectivity index (χ4v) is 3.25. The van der Waals surface area contributed by atoms with E-state index in [1.807, 2.05) is 48.6 Å². The molecule has 0 radical (unpaired) electrons. The Labute approximate surface area is 137 Å². The molecule has 0 bridgehead atoms. The molecule has 2 heterocycles. The lowest BCUT2D eigenvalue weighted by Crippen LogP contribution is -2.46. The minimum Gasteiger partial charge on any atom is -0.336 e. The Kier molecular flexibility index (Phi) is 4.76. The largest absolute Gasteiger partial charge is 0.336 e. The summed E-state index contributed by atoms with van der Waals surface area (Å²) in [5, 5.41) is 7.56. The summed E-state index contributed by atoms with van der Waals surface area (Å²) >= 11 is 0. The molecule has 0 atom stereocenters. The van der Waals surface area contributed by atoms with Crippen molar-refractivity contribution in [1.29, 1.82) is 0 Å². The Morgan fingerprint density at radius 2 is 2.13 bits per heavy atom. The first kappa shape index (κ1) is 15.7. The third kappa shape index (κ3) is 3.45. The number of benzene rings is 1. The van der Waals surface area contributed by atoms with Crippen LogP contribution in [0.3, 0.4) is 0 Å². The number of hydrogen-bond acceptors (Lipinski definition) is 3. The first-order chi connectivity index (χ1) is 11.2. The number of amides is 1. The first-order valence-electron chi connectivity index (χ1n) is 8.30. The van der Waals surface area contributed by atoms with E-state index in [9.17, 15) is 4.79 Å². The van der Waals surface area contributed by atoms with Gasteiger partial charge in [0.05, 0.1) is 6.20 Å². The van der Waals surface area contributed by atoms with Crippen molar-refractivity contribution in [3.63, 3.8) is 0 Å². The summed E-state index contributed by atoms with van der Waals surface area (Å²) in [5.41, 5.74) is 2.82. The van der Waals surface area contributed by atoms with Crippen LogP contribution in [0.1, 0.15) is 30.1 Å². The standard InChI is InChI=1S/C18H24N4O/c1-3-22(17-7-9-19-10-8-17)18(23)15-6-4-5-14(11-15)16-12-20-21(2)13-16/h4-6,11-13,17,19H,3,7-10H2,1-2H3. The Bertz CT molecular complexity index is 673. The van der Waals surface area contributed by atoms with E-state index in [-0.39, 0.29) is 5.91 Å². The summed E-state index contributed by atoms with van der Waals surface area (Å²) in [5.74, 6) is 0.130. The molecule has 1 aliphatic heterocycles. The van der Waals surface area contributed by atoms with E-state index in [0.717, 1.165) is 49.2 Å². The molecule has 1 N–H and O–H groups in total. The van der Waals surface area contributed by atoms with Crippen LogP contribution in [0.4, 0.5) is 0 Å². The van der Waals surface area contributed by atoms with Crippen molar-refractivity contribution in [3.8, 4) is 11.1 Å². The average molecular weight is 312 g/mol. The molecule has 122 valence electrons. The molecule has 2 aromatic rings. The smallest absolute Gasteiger partial charge is 0.254 e. The predicted molar refractivity (Wildman–Crippen MR) is 91.2 cm³/mol. The van der Waals surface area contributed by atoms with E-state index >= 15 is 0 Å². The van der Waals surface area contributed by atoms with Gasteiger partial charge in [0.15, 0.2) is 0 Å². The molecule has 1 amide bonds. The van der Waals surface area contributed by atoms with E-state index in [1.165, 1.54) is 0 Å². The van der Waals surface area contributed by atoms with Crippen LogP contribution >= 0.6 is 0 Å². The molecule has 1 aliphatic rings. The van der Waals surface area contributed by atoms with Crippen molar-refractivity contribution < 1.29 is 4.79 Å². The Balaban J connectivity index is 1.83. The summed E-state index contributed by atoms with van der Waals surface area (Å²) < 4.78 is 1.78. The van der Waals surface area contributed by atoms with E-state index in [4.69, 9.17) is 0 Å². The zero-order valence-corrected chi connectivity index (χ0v) is 13.8. The van der Waals surface area contributed by atoms with Gasteiger partial charge in [-0.25, -0.2) is 0 Å². The van der Waals surface area contributed by atoms with Crippen LogP contribution in [0.25, 0.3) is 11.1 Å². The SMILES string of the molecule is CCN(C(=O)c1cccc(-c2cnn(C)c2)c1)C1CCNCC1. The average Bonchev–Trinajstić information content (AvgIpc) is 3.03. The number of nitrogens with one attached hydrogen (secondary N) is 1. The minimum atomic E-state index is 0.130. The molecule has 5 nitrogen and oxygen atoms in total. The van der Waals surface area contributed by atoms with Gasteiger partial charge in [0.2, 0.25) is 0 Å². The molecule has 1 aromatic heterocycles. The van der Waals surface area contributed by atoms with Crippen molar-refractivity contribution in [2.45, 2.75) is 25.8 Å². The minimum absolute atomic E-state index is 0.130. The monoisotopic (exact) mass is 312 g/mol. The number of carbonyl (C=O) groups excluding carboxylic acids is 1. The summed E-state index contributed by atoms with van der Waals surface area (Å²) in [6, 6.07) is 8.20. The molecule has 0 saturated carbocycles. The van der Waals surface area contributed by atoms with Crippen molar-refractivity contribution in [3.05, 3.63) is 42.2 Å². The van der Waals surface area contributed by atoms with Gasteiger partial charge in [-0.3, -0.25) is 9.48 Å². The molecular formula is C18H24N4O. The van der Waals surface area contributed by atoms with Crippen molar-refractivity contribution in [1.82, 2.24) is 20.0 Å². The van der Waals surface area contributed by atoms with Crippen LogP contribution in [0.5, 0.6) is 0 Å². The molecule has 0 aliphatic carbocycles. The summed E-state index contributed by atoms with van der Waals surface area (Å²) in [4.78, 5) is 15.0. The van der Waals surface area contributed by atoms with Gasteiger partial charge in [-0.2, -0.15) is 5.10 Å². The first-order valence-corrected chi connectivity index (χ1v) is 8.30. The van der Waals surface area contributed by atoms with Crippen molar-refractivity contribution >= 4 is 5.91 Å². The van der Waals surface area contributed by atoms with Gasteiger partial charge in [-0.15, -0.1) is 0 Å². The second kappa shape index (κ2) is 6.96. The second-order valence-electron chi connectivity index (χ2n) is 6.06. The molecule has 1 fully saturated rings. The Hall–Kier alpha value is -2.14. The van der Waals surface area contributed by atoms with Gasteiger partial charge >= 0.3 is 0 Å². The summed E-state index contributed by atoms with van der Waals surface area (Å²) in [7, 11) is 1.90. The number of rotatable bonds is 4. The molecule has 0 spiro atoms. The lowest BCUT2D eigenvalue weighted by Gasteiger charge is -2.34. The second-order valence-corrected chi connectivity index (χ2v) is 6.06. The fourth-order valence-electron chi connectivity index (χ4n) is 3.25. The highest BCUT2D eigenvalue weighted by Crippen LogP contribution is 2.22. The van der Waals surface area contributed by atoms with E-state index in [1.54, 1.807) is 4.68 Å². The van der Waals surface area contributed by atoms with Crippen molar-refractivity contribution in [2.24, 2.45) is 7.05 Å². The summed E-state index contributed by atoms with van der Waals surface area (Å²) in [6.07, 6.45) is 5.85. The number of aryl methyl sites for hydroxylation is 1. The lowest BCUT2D eigenvalue weighted by atomic mass is 10.0. The van der Waals surface area contributed by atoms with Crippen LogP contribution < -0.4 is 5.32 Å². The number of aromatic nitrogens is 2. The normalized spacial score (nSPS) is 15.6. The Morgan fingerprint density at radius 3 is 2.78 bits per heavy atom. The van der Waals surface area contributed by atoms with Gasteiger partial charge in [0, 0.05) is 37.0 Å². The van der Waals surface area contributed by atoms with Gasteiger partial charge in [0.25, 0.3) is 5.91 Å². The highest BCUT2D eigenvalue weighted by Gasteiger charge is 2.25. The Morgan fingerprint density at radius 1 is 1.35 bits per heavy atom. The van der Waals surface area contributed by atoms with E-state index in [0.29, 0.717) is 6.04 Å². The highest BCUT2D eigenvalue weighted by atomic mass is 16.2. The van der Waals surface area contributed by atoms with Gasteiger partial charge in [0.1, 0.15) is 0 Å². The van der Waals surface area contributed by atoms with Crippen LogP contribution in [-0.2, 0) is 7.05 Å². The number of carbonyl (C=O) groups is 1. The molecule has 3 rings (SSSR count). The maximum absolute atomic E-state index is 12.9. The van der Waals surface area contributed by atoms with Crippen LogP contribution in [0.15, 0.2) is 36.7 Å². The van der Waals surface area contributed by atoms with Crippen LogP contribution in [0, 0.1) is 0 Å². The number of nitrogens with zero attached hydrogens (tertiary/aromatic N) is 3. The maximum Gasteiger partial charge on any atom is 0.254 e. The maximum atomic E-state index is 12.9. The molecule has 1 aromatic carbocycles. The zero-order valence-electron chi connectivity index (χ0n) is 13.8. The molecule has 0 unspecified atom stereocenters. The van der Waals surface area contributed by atoms with Gasteiger partial charge < -0.3 is 10.2 Å². The van der Waals surface area contributed by atoms with Gasteiger partial charge in [-0.1, -0.05) is 12.1 Å². The highest BCUT2D eigenvalue weighted by molar-refractivity contribution is 5.95. The van der Waals surface area contributed by atoms with Gasteiger partial charge in [-0.05, 0) is 50.6 Å². The predicted octanol–water partition coefficient (Wildman–Crippen LogP) is 2.30. The quantitative estimate of drug-likeness (QED) is 0.942. The molecular weight excluding hydrogens is 288 g/mol. The number of piperidine rings is 1. The number of hydrogen-bond donors (Lipinski definition) is 1. The lowest BCUT2D eigenvalue weighted by molar-refractivity contribution is 0.0656. The van der Waals surface area contributed by atoms with E-state index < -0.39 is 0 Å². The third-order valence-electron chi connectivity index (χ3n) is 4.50. The van der Waals surface area contributed by atoms with Crippen molar-refractivity contribution in [2.75, 3.05) is 19.6 Å². The molecule has 1 saturated heterocycles. The topological polar surface area (TPSA) is 50.2 Å². The van der Waals surface area contributed by atoms with E-state index in [2.05, 4.69) is 17.3 Å². The van der Waals surface area contributed by atoms with Crippen LogP contribution in [0.2, 0.25) is 0 Å². The molecule has 23 heavy (non-hydrogen) atoms. The molecule has 5 heteroatoms. The summed E-state index contributed by atoms with van der Waals surface area (Å²) in [6.45, 7) is 4.79. The zero-order chi connectivity index (χ0) is 16.2. The third-order valence-corrected chi connectivity index (χ3v) is 4.50.